The number of allylic oxidation sites excluding steroid dienone is 2. The summed E-state index contributed by atoms with van der Waals surface area (Å²) < 4.78 is 76.2. The van der Waals surface area contributed by atoms with Crippen LogP contribution in [0.1, 0.15) is 103 Å². The standard InChI is InChI=1S/C38H46F3N5O6S2/c1-22(2)46-28-14-10-13-26(27-21-53-34(42-27)38(39,40)41)31(28)43-35(46)52-25-17-29-30(47)19-37(33(49)44-54(50,51)36(4)15-16-36)18-24(37)12-9-7-5-6-8-11-23(3)32(48)45(29)20-25/h9-10,12-14,21-25,29H,5-8,11,15-20H2,1-4H3,(H,44,49)/b12-9-/t23-,24+,25+,29-,37+/m0/s1. The van der Waals surface area contributed by atoms with Gasteiger partial charge in [0.15, 0.2) is 10.8 Å². The molecule has 0 bridgehead atoms. The van der Waals surface area contributed by atoms with Crippen LogP contribution in [0, 0.1) is 17.3 Å². The van der Waals surface area contributed by atoms with Gasteiger partial charge in [0.05, 0.1) is 34.0 Å². The average Bonchev–Trinajstić information content (AvgIpc) is 3.76. The number of amides is 2. The number of ketones is 1. The number of para-hydroxylation sites is 1. The van der Waals surface area contributed by atoms with Crippen LogP contribution in [0.15, 0.2) is 35.7 Å². The molecule has 11 nitrogen and oxygen atoms in total. The topological polar surface area (TPSA) is 141 Å². The summed E-state index contributed by atoms with van der Waals surface area (Å²) in [5, 5.41) is 0.390. The quantitative estimate of drug-likeness (QED) is 0.248. The molecule has 54 heavy (non-hydrogen) atoms. The van der Waals surface area contributed by atoms with Crippen molar-refractivity contribution < 1.29 is 40.7 Å². The van der Waals surface area contributed by atoms with Gasteiger partial charge in [0.1, 0.15) is 11.6 Å². The molecule has 292 valence electrons. The lowest BCUT2D eigenvalue weighted by molar-refractivity contribution is -0.141. The molecule has 7 rings (SSSR count). The van der Waals surface area contributed by atoms with Gasteiger partial charge in [0, 0.05) is 35.7 Å². The number of aromatic nitrogens is 3. The zero-order valence-corrected chi connectivity index (χ0v) is 32.5. The van der Waals surface area contributed by atoms with E-state index in [1.54, 1.807) is 30.0 Å². The van der Waals surface area contributed by atoms with Crippen molar-refractivity contribution >= 4 is 50.0 Å². The summed E-state index contributed by atoms with van der Waals surface area (Å²) in [6.07, 6.45) is 3.93. The number of nitrogens with one attached hydrogen (secondary N) is 1. The number of nitrogens with zero attached hydrogens (tertiary/aromatic N) is 4. The van der Waals surface area contributed by atoms with Crippen LogP contribution in [0.4, 0.5) is 13.2 Å². The molecule has 2 amide bonds. The second kappa shape index (κ2) is 14.1. The summed E-state index contributed by atoms with van der Waals surface area (Å²) >= 11 is 0.508. The fourth-order valence-corrected chi connectivity index (χ4v) is 9.92. The summed E-state index contributed by atoms with van der Waals surface area (Å²) in [6, 6.07) is 4.29. The maximum Gasteiger partial charge on any atom is 0.443 e. The Morgan fingerprint density at radius 2 is 1.89 bits per heavy atom. The Morgan fingerprint density at radius 1 is 1.13 bits per heavy atom. The van der Waals surface area contributed by atoms with E-state index in [2.05, 4.69) is 9.71 Å². The van der Waals surface area contributed by atoms with Gasteiger partial charge in [0.2, 0.25) is 21.8 Å². The molecule has 2 aliphatic heterocycles. The molecular formula is C38H46F3N5O6S2. The molecule has 0 unspecified atom stereocenters. The van der Waals surface area contributed by atoms with Crippen LogP contribution in [-0.2, 0) is 30.6 Å². The Bertz CT molecular complexity index is 2110. The largest absolute Gasteiger partial charge is 0.459 e. The van der Waals surface area contributed by atoms with Crippen molar-refractivity contribution in [3.8, 4) is 17.3 Å². The number of Topliss-reactive ketones (excluding diaryl/α,β-unsaturated/α-hetero) is 1. The highest BCUT2D eigenvalue weighted by atomic mass is 32.2. The minimum Gasteiger partial charge on any atom is -0.459 e. The number of ether oxygens (including phenoxy) is 1. The molecule has 3 fully saturated rings. The van der Waals surface area contributed by atoms with E-state index in [4.69, 9.17) is 9.72 Å². The second-order valence-electron chi connectivity index (χ2n) is 16.0. The Hall–Kier alpha value is -3.79. The Morgan fingerprint density at radius 3 is 2.57 bits per heavy atom. The molecule has 1 aromatic carbocycles. The van der Waals surface area contributed by atoms with E-state index in [9.17, 15) is 36.0 Å². The smallest absolute Gasteiger partial charge is 0.443 e. The van der Waals surface area contributed by atoms with Crippen LogP contribution in [0.3, 0.4) is 0 Å². The lowest BCUT2D eigenvalue weighted by Gasteiger charge is -2.28. The third kappa shape index (κ3) is 7.19. The SMILES string of the molecule is CC(C)n1c(O[C@@H]2C[C@H]3C(=O)C[C@]4(C(=O)NS(=O)(=O)C5(C)CC5)C[C@H]4/C=C\CCCCC[C@H](C)C(=O)N3C2)nc2c(-c3csc(C(F)(F)F)n3)cccc21. The van der Waals surface area contributed by atoms with E-state index in [0.29, 0.717) is 53.6 Å². The van der Waals surface area contributed by atoms with Crippen molar-refractivity contribution in [3.63, 3.8) is 0 Å². The zero-order valence-electron chi connectivity index (χ0n) is 30.8. The van der Waals surface area contributed by atoms with Crippen molar-refractivity contribution in [2.24, 2.45) is 17.3 Å². The molecule has 5 atom stereocenters. The molecule has 2 saturated carbocycles. The maximum absolute atomic E-state index is 14.4. The van der Waals surface area contributed by atoms with Crippen molar-refractivity contribution in [1.82, 2.24) is 24.2 Å². The summed E-state index contributed by atoms with van der Waals surface area (Å²) in [5.74, 6) is -1.87. The number of rotatable bonds is 7. The van der Waals surface area contributed by atoms with Gasteiger partial charge in [-0.25, -0.2) is 13.4 Å². The van der Waals surface area contributed by atoms with E-state index in [1.807, 2.05) is 37.5 Å². The summed E-state index contributed by atoms with van der Waals surface area (Å²) in [7, 11) is -3.94. The first-order chi connectivity index (χ1) is 25.4. The zero-order chi connectivity index (χ0) is 38.8. The number of alkyl halides is 3. The minimum absolute atomic E-state index is 0.0873. The number of imidazole rings is 1. The first kappa shape index (κ1) is 38.5. The second-order valence-corrected chi connectivity index (χ2v) is 19.1. The predicted molar refractivity (Wildman–Crippen MR) is 197 cm³/mol. The normalized spacial score (nSPS) is 28.3. The van der Waals surface area contributed by atoms with Crippen LogP contribution in [0.2, 0.25) is 0 Å². The highest BCUT2D eigenvalue weighted by Crippen LogP contribution is 2.57. The molecular weight excluding hydrogens is 744 g/mol. The number of benzene rings is 1. The Balaban J connectivity index is 1.19. The van der Waals surface area contributed by atoms with E-state index in [1.165, 1.54) is 5.38 Å². The van der Waals surface area contributed by atoms with Gasteiger partial charge in [-0.2, -0.15) is 18.2 Å². The minimum atomic E-state index is -4.58. The van der Waals surface area contributed by atoms with E-state index in [-0.39, 0.29) is 60.7 Å². The molecule has 4 aliphatic rings. The molecule has 2 aliphatic carbocycles. The van der Waals surface area contributed by atoms with Crippen LogP contribution in [-0.4, -0.2) is 68.9 Å². The number of carbonyl (C=O) groups excluding carboxylic acids is 3. The number of carbonyl (C=O) groups is 3. The Labute approximate surface area is 316 Å². The van der Waals surface area contributed by atoms with Crippen molar-refractivity contribution in [3.05, 3.63) is 40.7 Å². The van der Waals surface area contributed by atoms with Crippen LogP contribution in [0.25, 0.3) is 22.3 Å². The number of thiazole rings is 1. The van der Waals surface area contributed by atoms with Crippen LogP contribution >= 0.6 is 11.3 Å². The fraction of sp³-hybridized carbons (Fsp3) is 0.605. The van der Waals surface area contributed by atoms with Crippen LogP contribution < -0.4 is 9.46 Å². The third-order valence-electron chi connectivity index (χ3n) is 11.6. The molecule has 1 N–H and O–H groups in total. The van der Waals surface area contributed by atoms with Gasteiger partial charge >= 0.3 is 6.18 Å². The number of sulfonamides is 1. The van der Waals surface area contributed by atoms with Gasteiger partial charge in [-0.05, 0) is 71.3 Å². The number of hydrogen-bond donors (Lipinski definition) is 1. The third-order valence-corrected chi connectivity index (χ3v) is 14.7. The van der Waals surface area contributed by atoms with Gasteiger partial charge < -0.3 is 9.64 Å². The lowest BCUT2D eigenvalue weighted by Crippen LogP contribution is -2.46. The summed E-state index contributed by atoms with van der Waals surface area (Å²) in [5.41, 5.74) is 0.346. The molecule has 2 aromatic heterocycles. The van der Waals surface area contributed by atoms with E-state index < -0.39 is 49.4 Å². The molecule has 0 radical (unpaired) electrons. The molecule has 16 heteroatoms. The highest BCUT2D eigenvalue weighted by molar-refractivity contribution is 7.91. The molecule has 0 spiro atoms. The van der Waals surface area contributed by atoms with E-state index >= 15 is 0 Å². The fourth-order valence-electron chi connectivity index (χ4n) is 7.90. The van der Waals surface area contributed by atoms with E-state index in [0.717, 1.165) is 25.7 Å². The Kier molecular flexibility index (Phi) is 10.0. The van der Waals surface area contributed by atoms with Crippen molar-refractivity contribution in [1.29, 1.82) is 0 Å². The number of fused-ring (bicyclic) bond motifs is 3. The molecule has 1 saturated heterocycles. The predicted octanol–water partition coefficient (Wildman–Crippen LogP) is 7.23. The van der Waals surface area contributed by atoms with Crippen LogP contribution in [0.5, 0.6) is 6.01 Å². The average molecular weight is 790 g/mol. The monoisotopic (exact) mass is 789 g/mol. The van der Waals surface area contributed by atoms with Crippen molar-refractivity contribution in [2.45, 2.75) is 121 Å². The first-order valence-electron chi connectivity index (χ1n) is 18.7. The van der Waals surface area contributed by atoms with Gasteiger partial charge in [0.25, 0.3) is 6.01 Å². The summed E-state index contributed by atoms with van der Waals surface area (Å²) in [6.45, 7) is 7.39. The van der Waals surface area contributed by atoms with Gasteiger partial charge in [-0.15, -0.1) is 11.3 Å². The first-order valence-corrected chi connectivity index (χ1v) is 21.1. The number of hydrogen-bond acceptors (Lipinski definition) is 9. The molecule has 3 aromatic rings. The lowest BCUT2D eigenvalue weighted by atomic mass is 9.91. The number of halogens is 3. The maximum atomic E-state index is 14.4. The van der Waals surface area contributed by atoms with Gasteiger partial charge in [-0.1, -0.05) is 44.1 Å². The van der Waals surface area contributed by atoms with Crippen molar-refractivity contribution in [2.75, 3.05) is 6.54 Å². The summed E-state index contributed by atoms with van der Waals surface area (Å²) in [4.78, 5) is 52.4. The molecule has 4 heterocycles. The van der Waals surface area contributed by atoms with Gasteiger partial charge in [-0.3, -0.25) is 23.7 Å². The highest BCUT2D eigenvalue weighted by Gasteiger charge is 2.62.